The summed E-state index contributed by atoms with van der Waals surface area (Å²) in [6.07, 6.45) is 2.29. The molecule has 1 N–H and O–H groups in total. The first kappa shape index (κ1) is 90.8. The fraction of sp³-hybridized carbons (Fsp3) is 0.690. The second-order valence-corrected chi connectivity index (χ2v) is 32.6. The van der Waals surface area contributed by atoms with Gasteiger partial charge in [-0.1, -0.05) is 80.5 Å². The first-order valence-electron chi connectivity index (χ1n) is 40.1. The van der Waals surface area contributed by atoms with Crippen LogP contribution in [0.4, 0.5) is 9.59 Å². The largest absolute Gasteiger partial charge is 0.457 e. The number of aryl methyl sites for hydroxylation is 1. The maximum absolute atomic E-state index is 14.8. The monoisotopic (exact) mass is 1580 g/mol. The SMILES string of the molecule is CC[C@H]1OC(=O)[C@H](C)C(=O)[C@H](C)[C@@H](OC2O[C@H](C)C[C@H](N(C)C)[C@H]2O)[C@@](C)(OC)C[C@@H](C)C(=O)[C@H](C)[C@H]2N(CCCCn3cnc4ncccc43)C(=O)O[C@]12CC.CC[C@H]1OC(=O)[C@H](C)C(=O)[C@H](C)[C@@H](OC2O[C@H](C)C[C@H](N(C)C)[C@H]2OC(=O)c2ccccc2)[C@@](C)(OC)C[C@@H](C)C(=O)/C(C)=C/[C@]1(CC)OC(=O)n1ccnc1. The molecule has 9 rings (SSSR count). The molecule has 0 saturated carbocycles. The smallest absolute Gasteiger partial charge is 0.420 e. The van der Waals surface area contributed by atoms with Crippen molar-refractivity contribution in [1.29, 1.82) is 0 Å². The number of carbonyl (C=O) groups excluding carboxylic acids is 9. The molecule has 8 heterocycles. The minimum Gasteiger partial charge on any atom is -0.457 e. The van der Waals surface area contributed by atoms with Gasteiger partial charge in [-0.2, -0.15) is 0 Å². The standard InChI is InChI=1S/C42H65N5O10.C42H59N3O11/c1-12-31-42(13-2)35(47(40(52)57-42)20-15-14-19-46-23-44-37-29(46)17-16-18-43-37)26(5)32(48)24(3)22-41(8,53-11)36(27(6)33(49)28(7)38(51)55-31)56-39-34(50)30(45(9)10)21-25(4)54-39;1-12-32-42(13-2,56-40(50)45-20-19-43-24-45)23-26(4)33(46)25(3)22-41(8,51-11)36(28(6)34(47)29(7)37(48)53-32)55-39-35(31(44(9)10)21-27(5)52-39)54-38(49)30-17-15-14-16-18-30/h16-18,23-28,30-31,34-36,39,50H,12-15,19-22H2,1-11H3;14-20,23-25,27-29,31-32,35-36,39H,12-13,21-22H2,1-11H3/b;26-23+/t24-,25-,26+,27+,28-,30+,31-,34-,35-,36-,39?,41+,42-;25-,27-,28+,29-,31+,32-,35-,36-,39?,41+,42+/m11/s1. The number of hydrogen-bond acceptors (Lipinski definition) is 26. The number of rotatable bonds is 20. The van der Waals surface area contributed by atoms with E-state index < -0.39 is 161 Å². The normalized spacial score (nSPS) is 35.9. The summed E-state index contributed by atoms with van der Waals surface area (Å²) in [4.78, 5) is 145. The molecule has 0 bridgehead atoms. The molecule has 1 aromatic carbocycles. The lowest BCUT2D eigenvalue weighted by Gasteiger charge is -2.47. The molecule has 4 fully saturated rings. The summed E-state index contributed by atoms with van der Waals surface area (Å²) in [5.74, 6) is -10.1. The number of aromatic nitrogens is 5. The summed E-state index contributed by atoms with van der Waals surface area (Å²) >= 11 is 0. The predicted molar refractivity (Wildman–Crippen MR) is 416 cm³/mol. The van der Waals surface area contributed by atoms with E-state index in [4.69, 9.17) is 52.1 Å². The summed E-state index contributed by atoms with van der Waals surface area (Å²) in [7, 11) is 10.5. The molecule has 29 nitrogen and oxygen atoms in total. The van der Waals surface area contributed by atoms with Gasteiger partial charge in [-0.05, 0) is 177 Å². The van der Waals surface area contributed by atoms with Crippen LogP contribution in [0.25, 0.3) is 11.2 Å². The van der Waals surface area contributed by atoms with Crippen LogP contribution in [0, 0.1) is 41.4 Å². The van der Waals surface area contributed by atoms with Crippen molar-refractivity contribution in [2.45, 2.75) is 283 Å². The number of methoxy groups -OCH3 is 2. The molecule has 4 aromatic rings. The van der Waals surface area contributed by atoms with Gasteiger partial charge in [0.1, 0.15) is 42.3 Å². The topological polar surface area (TPSA) is 334 Å². The summed E-state index contributed by atoms with van der Waals surface area (Å²) in [6, 6.07) is 11.0. The number of ether oxygens (including phenoxy) is 11. The first-order chi connectivity index (χ1) is 53.3. The molecular formula is C84H124N8O21. The van der Waals surface area contributed by atoms with E-state index >= 15 is 0 Å². The lowest BCUT2D eigenvalue weighted by atomic mass is 9.72. The molecule has 0 spiro atoms. The van der Waals surface area contributed by atoms with Crippen molar-refractivity contribution < 1.29 is 100 Å². The number of allylic oxidation sites excluding steroid dienone is 1. The van der Waals surface area contributed by atoms with Crippen molar-refractivity contribution in [3.05, 3.63) is 90.9 Å². The van der Waals surface area contributed by atoms with Crippen LogP contribution in [0.1, 0.15) is 185 Å². The van der Waals surface area contributed by atoms with Crippen molar-refractivity contribution in [2.75, 3.05) is 49.0 Å². The third-order valence-electron chi connectivity index (χ3n) is 24.2. The number of likely N-dealkylation sites (N-methyl/N-ethyl adjacent to an activating group) is 2. The third kappa shape index (κ3) is 20.0. The Morgan fingerprint density at radius 2 is 1.20 bits per heavy atom. The lowest BCUT2D eigenvalue weighted by Crippen LogP contribution is -2.61. The van der Waals surface area contributed by atoms with Crippen LogP contribution >= 0.6 is 0 Å². The van der Waals surface area contributed by atoms with Gasteiger partial charge >= 0.3 is 30.1 Å². The number of amides is 1. The Bertz CT molecular complexity index is 3950. The zero-order valence-electron chi connectivity index (χ0n) is 70.2. The second kappa shape index (κ2) is 38.8. The Hall–Kier alpha value is -7.74. The molecule has 0 radical (unpaired) electrons. The van der Waals surface area contributed by atoms with Crippen molar-refractivity contribution in [2.24, 2.45) is 41.4 Å². The Labute approximate surface area is 665 Å². The van der Waals surface area contributed by atoms with Gasteiger partial charge in [0.15, 0.2) is 52.9 Å². The zero-order valence-corrected chi connectivity index (χ0v) is 70.2. The number of esters is 3. The molecule has 3 aromatic heterocycles. The van der Waals surface area contributed by atoms with Crippen LogP contribution in [0.15, 0.2) is 85.4 Å². The minimum atomic E-state index is -1.57. The van der Waals surface area contributed by atoms with Crippen molar-refractivity contribution in [1.82, 2.24) is 38.8 Å². The van der Waals surface area contributed by atoms with Gasteiger partial charge in [0.05, 0.1) is 65.1 Å². The second-order valence-electron chi connectivity index (χ2n) is 32.6. The number of imidazole rings is 2. The molecule has 24 atom stereocenters. The molecule has 2 unspecified atom stereocenters. The minimum absolute atomic E-state index is 0.0770. The van der Waals surface area contributed by atoms with Gasteiger partial charge in [-0.25, -0.2) is 33.9 Å². The number of ketones is 4. The van der Waals surface area contributed by atoms with Gasteiger partial charge in [-0.15, -0.1) is 0 Å². The predicted octanol–water partition coefficient (Wildman–Crippen LogP) is 10.6. The number of pyridine rings is 1. The number of benzene rings is 1. The van der Waals surface area contributed by atoms with E-state index in [9.17, 15) is 48.3 Å². The van der Waals surface area contributed by atoms with Gasteiger partial charge in [-0.3, -0.25) is 28.8 Å². The van der Waals surface area contributed by atoms with Crippen molar-refractivity contribution >= 4 is 64.4 Å². The van der Waals surface area contributed by atoms with Gasteiger partial charge in [0.2, 0.25) is 0 Å². The Kier molecular flexibility index (Phi) is 31.2. The van der Waals surface area contributed by atoms with Crippen molar-refractivity contribution in [3.63, 3.8) is 0 Å². The number of Topliss-reactive ketones (excluding diaryl/α,β-unsaturated/α-hetero) is 4. The maximum atomic E-state index is 14.8. The molecular weight excluding hydrogens is 1460 g/mol. The fourth-order valence-corrected chi connectivity index (χ4v) is 17.6. The zero-order chi connectivity index (χ0) is 83.5. The number of carbonyl (C=O) groups is 9. The highest BCUT2D eigenvalue weighted by Gasteiger charge is 2.62. The number of aliphatic hydroxyl groups is 1. The molecule has 626 valence electrons. The highest BCUT2D eigenvalue weighted by molar-refractivity contribution is 6.01. The molecule has 29 heteroatoms. The van der Waals surface area contributed by atoms with E-state index in [1.807, 2.05) is 96.2 Å². The number of cyclic esters (lactones) is 2. The third-order valence-corrected chi connectivity index (χ3v) is 24.2. The number of hydrogen-bond donors (Lipinski definition) is 1. The quantitative estimate of drug-likeness (QED) is 0.0372. The molecule has 5 aliphatic rings. The maximum Gasteiger partial charge on any atom is 0.420 e. The molecule has 113 heavy (non-hydrogen) atoms. The van der Waals surface area contributed by atoms with Gasteiger partial charge in [0.25, 0.3) is 0 Å². The highest BCUT2D eigenvalue weighted by atomic mass is 16.7. The van der Waals surface area contributed by atoms with Crippen LogP contribution in [-0.4, -0.2) is 248 Å². The van der Waals surface area contributed by atoms with Gasteiger partial charge in [0, 0.05) is 81.5 Å². The Morgan fingerprint density at radius 1 is 0.646 bits per heavy atom. The summed E-state index contributed by atoms with van der Waals surface area (Å²) in [6.45, 7) is 28.8. The highest BCUT2D eigenvalue weighted by Crippen LogP contribution is 2.46. The van der Waals surface area contributed by atoms with Crippen LogP contribution in [0.3, 0.4) is 0 Å². The van der Waals surface area contributed by atoms with Crippen LogP contribution in [0.5, 0.6) is 0 Å². The fourth-order valence-electron chi connectivity index (χ4n) is 17.6. The van der Waals surface area contributed by atoms with Crippen LogP contribution in [0.2, 0.25) is 0 Å². The summed E-state index contributed by atoms with van der Waals surface area (Å²) in [5.41, 5.74) is -3.30. The van der Waals surface area contributed by atoms with E-state index in [1.54, 1.807) is 109 Å². The van der Waals surface area contributed by atoms with E-state index in [-0.39, 0.29) is 80.0 Å². The Morgan fingerprint density at radius 3 is 1.75 bits per heavy atom. The van der Waals surface area contributed by atoms with E-state index in [0.29, 0.717) is 50.0 Å². The molecule has 1 amide bonds. The average molecular weight is 1580 g/mol. The lowest BCUT2D eigenvalue weighted by molar-refractivity contribution is -0.295. The number of fused-ring (bicyclic) bond motifs is 2. The molecule has 5 aliphatic heterocycles. The van der Waals surface area contributed by atoms with Crippen LogP contribution in [-0.2, 0) is 87.4 Å². The molecule has 0 aliphatic carbocycles. The average Bonchev–Trinajstić information content (AvgIpc) is 1.63. The summed E-state index contributed by atoms with van der Waals surface area (Å²) < 4.78 is 72.3. The van der Waals surface area contributed by atoms with Crippen LogP contribution < -0.4 is 0 Å². The van der Waals surface area contributed by atoms with Gasteiger partial charge < -0.3 is 76.5 Å². The van der Waals surface area contributed by atoms with E-state index in [2.05, 4.69) is 15.0 Å². The number of nitrogens with zero attached hydrogens (tertiary/aromatic N) is 8. The number of unbranched alkanes of at least 4 members (excludes halogenated alkanes) is 1. The van der Waals surface area contributed by atoms with E-state index in [1.165, 1.54) is 46.8 Å². The Balaban J connectivity index is 0.000000283. The number of aliphatic hydroxyl groups excluding tert-OH is 1. The first-order valence-corrected chi connectivity index (χ1v) is 40.1. The van der Waals surface area contributed by atoms with Crippen molar-refractivity contribution in [3.8, 4) is 0 Å². The molecule has 4 saturated heterocycles. The van der Waals surface area contributed by atoms with E-state index in [0.717, 1.165) is 10.1 Å². The summed E-state index contributed by atoms with van der Waals surface area (Å²) in [5, 5.41) is 11.5.